The SMILES string of the molecule is Cc1ccc(-c2noc(CCCN3CCN(C(=O)c4cnn(-c5ccccn5)c4C(C)C)CC3)n2)cc1. The average Bonchev–Trinajstić information content (AvgIpc) is 3.58. The summed E-state index contributed by atoms with van der Waals surface area (Å²) in [5.74, 6) is 2.20. The molecule has 1 aliphatic heterocycles. The zero-order chi connectivity index (χ0) is 25.8. The Hall–Kier alpha value is -3.85. The maximum atomic E-state index is 13.4. The minimum atomic E-state index is 0.0417. The van der Waals surface area contributed by atoms with E-state index in [4.69, 9.17) is 4.52 Å². The third-order valence-electron chi connectivity index (χ3n) is 6.75. The van der Waals surface area contributed by atoms with Gasteiger partial charge in [-0.1, -0.05) is 54.9 Å². The largest absolute Gasteiger partial charge is 0.339 e. The molecule has 9 nitrogen and oxygen atoms in total. The summed E-state index contributed by atoms with van der Waals surface area (Å²) in [6.07, 6.45) is 5.09. The summed E-state index contributed by atoms with van der Waals surface area (Å²) in [5, 5.41) is 8.63. The Labute approximate surface area is 217 Å². The lowest BCUT2D eigenvalue weighted by molar-refractivity contribution is 0.0634. The molecule has 0 bridgehead atoms. The molecule has 0 spiro atoms. The molecule has 1 saturated heterocycles. The lowest BCUT2D eigenvalue weighted by Gasteiger charge is -2.34. The van der Waals surface area contributed by atoms with Gasteiger partial charge in [0.15, 0.2) is 5.82 Å². The van der Waals surface area contributed by atoms with Crippen molar-refractivity contribution in [3.63, 3.8) is 0 Å². The smallest absolute Gasteiger partial charge is 0.257 e. The second-order valence-corrected chi connectivity index (χ2v) is 9.81. The molecule has 5 rings (SSSR count). The Balaban J connectivity index is 1.13. The van der Waals surface area contributed by atoms with Gasteiger partial charge in [0.05, 0.1) is 17.5 Å². The molecule has 192 valence electrons. The molecule has 0 aliphatic carbocycles. The summed E-state index contributed by atoms with van der Waals surface area (Å²) >= 11 is 0. The molecule has 9 heteroatoms. The van der Waals surface area contributed by atoms with E-state index in [1.165, 1.54) is 5.56 Å². The van der Waals surface area contributed by atoms with Crippen LogP contribution in [-0.2, 0) is 6.42 Å². The van der Waals surface area contributed by atoms with Gasteiger partial charge < -0.3 is 9.42 Å². The van der Waals surface area contributed by atoms with E-state index in [9.17, 15) is 4.79 Å². The summed E-state index contributed by atoms with van der Waals surface area (Å²) in [5.41, 5.74) is 3.73. The van der Waals surface area contributed by atoms with Gasteiger partial charge in [0.1, 0.15) is 0 Å². The number of carbonyl (C=O) groups is 1. The molecule has 1 fully saturated rings. The van der Waals surface area contributed by atoms with Crippen LogP contribution in [0, 0.1) is 6.92 Å². The van der Waals surface area contributed by atoms with Crippen molar-refractivity contribution in [2.75, 3.05) is 32.7 Å². The van der Waals surface area contributed by atoms with Gasteiger partial charge in [-0.05, 0) is 37.9 Å². The lowest BCUT2D eigenvalue weighted by atomic mass is 10.0. The number of hydrogen-bond donors (Lipinski definition) is 0. The van der Waals surface area contributed by atoms with Gasteiger partial charge in [-0.2, -0.15) is 10.1 Å². The highest BCUT2D eigenvalue weighted by Gasteiger charge is 2.27. The first-order valence-electron chi connectivity index (χ1n) is 12.9. The monoisotopic (exact) mass is 499 g/mol. The molecule has 0 saturated carbocycles. The summed E-state index contributed by atoms with van der Waals surface area (Å²) in [4.78, 5) is 26.7. The molecule has 4 heterocycles. The highest BCUT2D eigenvalue weighted by Crippen LogP contribution is 2.24. The third-order valence-corrected chi connectivity index (χ3v) is 6.75. The summed E-state index contributed by atoms with van der Waals surface area (Å²) < 4.78 is 7.24. The standard InChI is InChI=1S/C28H33N7O2/c1-20(2)26-23(19-30-35(26)24-7-4-5-13-29-24)28(36)34-17-15-33(16-18-34)14-6-8-25-31-27(32-37-25)22-11-9-21(3)10-12-22/h4-5,7,9-13,19-20H,6,8,14-18H2,1-3H3. The summed E-state index contributed by atoms with van der Waals surface area (Å²) in [6, 6.07) is 13.8. The van der Waals surface area contributed by atoms with E-state index in [1.807, 2.05) is 47.4 Å². The first kappa shape index (κ1) is 24.8. The molecule has 0 atom stereocenters. The van der Waals surface area contributed by atoms with Crippen LogP contribution < -0.4 is 0 Å². The zero-order valence-electron chi connectivity index (χ0n) is 21.7. The van der Waals surface area contributed by atoms with Crippen molar-refractivity contribution in [3.05, 3.63) is 77.6 Å². The molecule has 1 aliphatic rings. The van der Waals surface area contributed by atoms with Crippen LogP contribution in [0.3, 0.4) is 0 Å². The molecule has 37 heavy (non-hydrogen) atoms. The van der Waals surface area contributed by atoms with Crippen LogP contribution in [0.15, 0.2) is 59.4 Å². The lowest BCUT2D eigenvalue weighted by Crippen LogP contribution is -2.49. The number of hydrogen-bond acceptors (Lipinski definition) is 7. The van der Waals surface area contributed by atoms with E-state index in [0.717, 1.165) is 49.6 Å². The number of carbonyl (C=O) groups excluding carboxylic acids is 1. The van der Waals surface area contributed by atoms with Crippen molar-refractivity contribution in [1.82, 2.24) is 34.7 Å². The Kier molecular flexibility index (Phi) is 7.41. The van der Waals surface area contributed by atoms with Crippen LogP contribution in [0.1, 0.15) is 53.7 Å². The van der Waals surface area contributed by atoms with Gasteiger partial charge >= 0.3 is 0 Å². The van der Waals surface area contributed by atoms with Crippen molar-refractivity contribution >= 4 is 5.91 Å². The number of pyridine rings is 1. The second kappa shape index (κ2) is 11.0. The number of benzene rings is 1. The highest BCUT2D eigenvalue weighted by molar-refractivity contribution is 5.95. The fourth-order valence-electron chi connectivity index (χ4n) is 4.71. The third kappa shape index (κ3) is 5.61. The predicted molar refractivity (Wildman–Crippen MR) is 141 cm³/mol. The van der Waals surface area contributed by atoms with Crippen molar-refractivity contribution in [2.24, 2.45) is 0 Å². The number of nitrogens with zero attached hydrogens (tertiary/aromatic N) is 7. The van der Waals surface area contributed by atoms with Crippen molar-refractivity contribution in [3.8, 4) is 17.2 Å². The van der Waals surface area contributed by atoms with E-state index in [-0.39, 0.29) is 11.8 Å². The minimum absolute atomic E-state index is 0.0417. The maximum absolute atomic E-state index is 13.4. The molecular formula is C28H33N7O2. The second-order valence-electron chi connectivity index (χ2n) is 9.81. The maximum Gasteiger partial charge on any atom is 0.257 e. The topological polar surface area (TPSA) is 93.2 Å². The highest BCUT2D eigenvalue weighted by atomic mass is 16.5. The van der Waals surface area contributed by atoms with Crippen LogP contribution in [0.5, 0.6) is 0 Å². The van der Waals surface area contributed by atoms with Crippen LogP contribution in [-0.4, -0.2) is 73.3 Å². The summed E-state index contributed by atoms with van der Waals surface area (Å²) in [7, 11) is 0. The van der Waals surface area contributed by atoms with Crippen LogP contribution >= 0.6 is 0 Å². The Morgan fingerprint density at radius 2 is 1.84 bits per heavy atom. The molecular weight excluding hydrogens is 466 g/mol. The van der Waals surface area contributed by atoms with Crippen LogP contribution in [0.25, 0.3) is 17.2 Å². The zero-order valence-corrected chi connectivity index (χ0v) is 21.7. The first-order valence-corrected chi connectivity index (χ1v) is 12.9. The van der Waals surface area contributed by atoms with E-state index >= 15 is 0 Å². The number of aromatic nitrogens is 5. The van der Waals surface area contributed by atoms with E-state index in [1.54, 1.807) is 17.1 Å². The molecule has 0 unspecified atom stereocenters. The minimum Gasteiger partial charge on any atom is -0.339 e. The Morgan fingerprint density at radius 1 is 1.05 bits per heavy atom. The average molecular weight is 500 g/mol. The van der Waals surface area contributed by atoms with E-state index in [0.29, 0.717) is 30.4 Å². The van der Waals surface area contributed by atoms with Crippen molar-refractivity contribution < 1.29 is 9.32 Å². The van der Waals surface area contributed by atoms with Crippen molar-refractivity contribution in [2.45, 2.75) is 39.5 Å². The van der Waals surface area contributed by atoms with Gasteiger partial charge in [0.25, 0.3) is 5.91 Å². The molecule has 0 radical (unpaired) electrons. The Bertz CT molecular complexity index is 1320. The van der Waals surface area contributed by atoms with Gasteiger partial charge in [0, 0.05) is 44.4 Å². The number of piperazine rings is 1. The predicted octanol–water partition coefficient (Wildman–Crippen LogP) is 4.14. The fraction of sp³-hybridized carbons (Fsp3) is 0.393. The molecule has 1 amide bonds. The van der Waals surface area contributed by atoms with Crippen molar-refractivity contribution in [1.29, 1.82) is 0 Å². The van der Waals surface area contributed by atoms with Gasteiger partial charge in [-0.15, -0.1) is 0 Å². The molecule has 3 aromatic heterocycles. The number of rotatable bonds is 8. The van der Waals surface area contributed by atoms with Crippen LogP contribution in [0.4, 0.5) is 0 Å². The first-order chi connectivity index (χ1) is 18.0. The summed E-state index contributed by atoms with van der Waals surface area (Å²) in [6.45, 7) is 10.2. The Morgan fingerprint density at radius 3 is 2.54 bits per heavy atom. The quantitative estimate of drug-likeness (QED) is 0.360. The molecule has 0 N–H and O–H groups in total. The van der Waals surface area contributed by atoms with Gasteiger partial charge in [-0.3, -0.25) is 9.69 Å². The normalized spacial score (nSPS) is 14.4. The molecule has 1 aromatic carbocycles. The number of aryl methyl sites for hydroxylation is 2. The number of amides is 1. The fourth-order valence-corrected chi connectivity index (χ4v) is 4.71. The molecule has 4 aromatic rings. The van der Waals surface area contributed by atoms with E-state index < -0.39 is 0 Å². The van der Waals surface area contributed by atoms with Crippen LogP contribution in [0.2, 0.25) is 0 Å². The van der Waals surface area contributed by atoms with Gasteiger partial charge in [0.2, 0.25) is 11.7 Å². The van der Waals surface area contributed by atoms with E-state index in [2.05, 4.69) is 45.9 Å². The van der Waals surface area contributed by atoms with Gasteiger partial charge in [-0.25, -0.2) is 9.67 Å².